The lowest BCUT2D eigenvalue weighted by atomic mass is 9.99. The maximum atomic E-state index is 12.5. The summed E-state index contributed by atoms with van der Waals surface area (Å²) in [5.41, 5.74) is 1.41. The van der Waals surface area contributed by atoms with Gasteiger partial charge in [0.15, 0.2) is 0 Å². The van der Waals surface area contributed by atoms with Gasteiger partial charge in [-0.2, -0.15) is 0 Å². The predicted octanol–water partition coefficient (Wildman–Crippen LogP) is 2.49. The van der Waals surface area contributed by atoms with Crippen molar-refractivity contribution in [3.63, 3.8) is 0 Å². The number of nitrogens with zero attached hydrogens (tertiary/aromatic N) is 2. The normalized spacial score (nSPS) is 25.1. The second-order valence-corrected chi connectivity index (χ2v) is 6.10. The Morgan fingerprint density at radius 3 is 2.55 bits per heavy atom. The van der Waals surface area contributed by atoms with Gasteiger partial charge in [-0.25, -0.2) is 0 Å². The summed E-state index contributed by atoms with van der Waals surface area (Å²) in [7, 11) is 0. The summed E-state index contributed by atoms with van der Waals surface area (Å²) in [4.78, 5) is 16.9. The number of amides is 1. The van der Waals surface area contributed by atoms with Gasteiger partial charge in [-0.15, -0.1) is 0 Å². The molecule has 20 heavy (non-hydrogen) atoms. The minimum atomic E-state index is 0.0433. The van der Waals surface area contributed by atoms with Crippen molar-refractivity contribution in [3.05, 3.63) is 35.9 Å². The van der Waals surface area contributed by atoms with Crippen LogP contribution in [0.5, 0.6) is 0 Å². The van der Waals surface area contributed by atoms with Crippen molar-refractivity contribution in [3.8, 4) is 0 Å². The van der Waals surface area contributed by atoms with Crippen LogP contribution in [0.4, 0.5) is 0 Å². The summed E-state index contributed by atoms with van der Waals surface area (Å²) < 4.78 is 0. The molecule has 1 amide bonds. The van der Waals surface area contributed by atoms with Crippen LogP contribution in [0, 0.1) is 0 Å². The van der Waals surface area contributed by atoms with E-state index in [-0.39, 0.29) is 6.04 Å². The van der Waals surface area contributed by atoms with Gasteiger partial charge in [0, 0.05) is 19.6 Å². The van der Waals surface area contributed by atoms with Gasteiger partial charge in [-0.3, -0.25) is 9.69 Å². The van der Waals surface area contributed by atoms with Crippen LogP contribution in [-0.4, -0.2) is 47.9 Å². The zero-order valence-electron chi connectivity index (χ0n) is 12.3. The molecule has 3 nitrogen and oxygen atoms in total. The number of benzene rings is 1. The first-order valence-electron chi connectivity index (χ1n) is 7.83. The number of carbonyl (C=O) groups excluding carboxylic acids is 1. The maximum Gasteiger partial charge on any atom is 0.239 e. The molecule has 0 saturated carbocycles. The Morgan fingerprint density at radius 1 is 1.15 bits per heavy atom. The average molecular weight is 272 g/mol. The third-order valence-electron chi connectivity index (χ3n) is 4.81. The Hall–Kier alpha value is -1.35. The van der Waals surface area contributed by atoms with Gasteiger partial charge < -0.3 is 4.90 Å². The monoisotopic (exact) mass is 272 g/mol. The third-order valence-corrected chi connectivity index (χ3v) is 4.81. The second kappa shape index (κ2) is 5.96. The first kappa shape index (κ1) is 13.6. The fourth-order valence-corrected chi connectivity index (χ4v) is 3.49. The molecule has 1 aromatic rings. The summed E-state index contributed by atoms with van der Waals surface area (Å²) in [5, 5.41) is 0. The van der Waals surface area contributed by atoms with E-state index in [0.29, 0.717) is 11.8 Å². The Bertz CT molecular complexity index is 453. The van der Waals surface area contributed by atoms with E-state index in [2.05, 4.69) is 42.2 Å². The molecule has 108 valence electrons. The lowest BCUT2D eigenvalue weighted by molar-refractivity contribution is -0.134. The standard InChI is InChI=1S/C17H24N2O/c1-14(17(20)18-10-5-6-11-18)19-12-9-16(13-19)15-7-3-2-4-8-15/h2-4,7-8,14,16H,5-6,9-13H2,1H3/t14-,16+/m0/s1. The largest absolute Gasteiger partial charge is 0.341 e. The molecule has 2 aliphatic rings. The van der Waals surface area contributed by atoms with Crippen molar-refractivity contribution in [2.75, 3.05) is 26.2 Å². The highest BCUT2D eigenvalue weighted by Gasteiger charge is 2.32. The van der Waals surface area contributed by atoms with E-state index in [0.717, 1.165) is 26.2 Å². The number of likely N-dealkylation sites (tertiary alicyclic amines) is 2. The van der Waals surface area contributed by atoms with Crippen LogP contribution in [0.2, 0.25) is 0 Å². The molecule has 0 spiro atoms. The van der Waals surface area contributed by atoms with E-state index in [1.54, 1.807) is 0 Å². The van der Waals surface area contributed by atoms with Gasteiger partial charge in [0.2, 0.25) is 5.91 Å². The first-order chi connectivity index (χ1) is 9.75. The van der Waals surface area contributed by atoms with Crippen LogP contribution in [-0.2, 0) is 4.79 Å². The number of hydrogen-bond donors (Lipinski definition) is 0. The Labute approximate surface area is 121 Å². The van der Waals surface area contributed by atoms with Crippen LogP contribution >= 0.6 is 0 Å². The zero-order chi connectivity index (χ0) is 13.9. The van der Waals surface area contributed by atoms with Crippen LogP contribution in [0.3, 0.4) is 0 Å². The van der Waals surface area contributed by atoms with Crippen molar-refractivity contribution in [1.82, 2.24) is 9.80 Å². The molecule has 0 bridgehead atoms. The molecule has 3 heteroatoms. The summed E-state index contributed by atoms with van der Waals surface area (Å²) in [6.07, 6.45) is 3.51. The molecule has 2 atom stereocenters. The smallest absolute Gasteiger partial charge is 0.239 e. The summed E-state index contributed by atoms with van der Waals surface area (Å²) in [5.74, 6) is 0.918. The van der Waals surface area contributed by atoms with Crippen molar-refractivity contribution in [1.29, 1.82) is 0 Å². The summed E-state index contributed by atoms with van der Waals surface area (Å²) >= 11 is 0. The number of hydrogen-bond acceptors (Lipinski definition) is 2. The molecule has 2 fully saturated rings. The Balaban J connectivity index is 1.60. The molecule has 2 aliphatic heterocycles. The molecule has 0 N–H and O–H groups in total. The average Bonchev–Trinajstić information content (AvgIpc) is 3.18. The van der Waals surface area contributed by atoms with Crippen LogP contribution in [0.15, 0.2) is 30.3 Å². The minimum absolute atomic E-state index is 0.0433. The molecule has 0 unspecified atom stereocenters. The first-order valence-corrected chi connectivity index (χ1v) is 7.83. The van der Waals surface area contributed by atoms with Crippen LogP contribution in [0.1, 0.15) is 37.7 Å². The molecule has 0 radical (unpaired) electrons. The van der Waals surface area contributed by atoms with E-state index < -0.39 is 0 Å². The Kier molecular flexibility index (Phi) is 4.06. The SMILES string of the molecule is C[C@@H](C(=O)N1CCCC1)N1CC[C@@H](c2ccccc2)C1. The molecule has 2 saturated heterocycles. The minimum Gasteiger partial charge on any atom is -0.341 e. The lowest BCUT2D eigenvalue weighted by Gasteiger charge is -2.27. The molecule has 0 aliphatic carbocycles. The molecule has 0 aromatic heterocycles. The quantitative estimate of drug-likeness (QED) is 0.844. The fraction of sp³-hybridized carbons (Fsp3) is 0.588. The van der Waals surface area contributed by atoms with Gasteiger partial charge in [-0.05, 0) is 44.2 Å². The molecule has 1 aromatic carbocycles. The van der Waals surface area contributed by atoms with Crippen molar-refractivity contribution < 1.29 is 4.79 Å². The van der Waals surface area contributed by atoms with Gasteiger partial charge in [-0.1, -0.05) is 30.3 Å². The van der Waals surface area contributed by atoms with Crippen molar-refractivity contribution in [2.45, 2.75) is 38.1 Å². The molecule has 2 heterocycles. The summed E-state index contributed by atoms with van der Waals surface area (Å²) in [6.45, 7) is 6.05. The second-order valence-electron chi connectivity index (χ2n) is 6.10. The maximum absolute atomic E-state index is 12.5. The van der Waals surface area contributed by atoms with Crippen LogP contribution < -0.4 is 0 Å². The molecule has 3 rings (SSSR count). The van der Waals surface area contributed by atoms with E-state index in [4.69, 9.17) is 0 Å². The van der Waals surface area contributed by atoms with Gasteiger partial charge >= 0.3 is 0 Å². The number of rotatable bonds is 3. The lowest BCUT2D eigenvalue weighted by Crippen LogP contribution is -2.45. The van der Waals surface area contributed by atoms with Crippen molar-refractivity contribution in [2.24, 2.45) is 0 Å². The molecular formula is C17H24N2O. The zero-order valence-corrected chi connectivity index (χ0v) is 12.3. The van der Waals surface area contributed by atoms with Gasteiger partial charge in [0.05, 0.1) is 6.04 Å². The fourth-order valence-electron chi connectivity index (χ4n) is 3.49. The topological polar surface area (TPSA) is 23.6 Å². The van der Waals surface area contributed by atoms with Crippen LogP contribution in [0.25, 0.3) is 0 Å². The Morgan fingerprint density at radius 2 is 1.85 bits per heavy atom. The van der Waals surface area contributed by atoms with Gasteiger partial charge in [0.25, 0.3) is 0 Å². The van der Waals surface area contributed by atoms with E-state index in [1.807, 2.05) is 4.90 Å². The highest BCUT2D eigenvalue weighted by Crippen LogP contribution is 2.28. The van der Waals surface area contributed by atoms with E-state index >= 15 is 0 Å². The van der Waals surface area contributed by atoms with Gasteiger partial charge in [0.1, 0.15) is 0 Å². The van der Waals surface area contributed by atoms with E-state index in [9.17, 15) is 4.79 Å². The predicted molar refractivity (Wildman–Crippen MR) is 80.6 cm³/mol. The molecular weight excluding hydrogens is 248 g/mol. The summed E-state index contributed by atoms with van der Waals surface area (Å²) in [6, 6.07) is 10.7. The number of carbonyl (C=O) groups is 1. The van der Waals surface area contributed by atoms with E-state index in [1.165, 1.54) is 24.8 Å². The highest BCUT2D eigenvalue weighted by atomic mass is 16.2. The third kappa shape index (κ3) is 2.73. The highest BCUT2D eigenvalue weighted by molar-refractivity contribution is 5.81. The van der Waals surface area contributed by atoms with Crippen molar-refractivity contribution >= 4 is 5.91 Å².